The molecule has 5 N–H and O–H groups in total. The minimum Gasteiger partial charge on any atom is -0.480 e. The molecule has 2 atom stereocenters. The maximum atomic E-state index is 11.9. The van der Waals surface area contributed by atoms with Crippen molar-refractivity contribution in [3.63, 3.8) is 0 Å². The number of rotatable bonds is 6. The number of nitrogens with two attached hydrogens (primary N) is 1. The molecule has 0 saturated carbocycles. The van der Waals surface area contributed by atoms with Gasteiger partial charge < -0.3 is 26.2 Å². The molecule has 0 aromatic carbocycles. The Bertz CT molecular complexity index is 360. The van der Waals surface area contributed by atoms with Gasteiger partial charge in [-0.05, 0) is 19.3 Å². The summed E-state index contributed by atoms with van der Waals surface area (Å²) in [4.78, 5) is 34.9. The number of hydrogen-bond acceptors (Lipinski definition) is 4. The van der Waals surface area contributed by atoms with Crippen molar-refractivity contribution in [2.75, 3.05) is 13.2 Å². The van der Waals surface area contributed by atoms with E-state index in [2.05, 4.69) is 5.32 Å². The fourth-order valence-corrected chi connectivity index (χ4v) is 2.07. The van der Waals surface area contributed by atoms with Gasteiger partial charge in [0.25, 0.3) is 0 Å². The number of aliphatic hydroxyl groups is 1. The molecule has 108 valence electrons. The first-order valence-corrected chi connectivity index (χ1v) is 6.14. The summed E-state index contributed by atoms with van der Waals surface area (Å²) in [5, 5.41) is 20.4. The van der Waals surface area contributed by atoms with Crippen molar-refractivity contribution >= 4 is 17.9 Å². The van der Waals surface area contributed by atoms with E-state index >= 15 is 0 Å². The first-order chi connectivity index (χ1) is 8.95. The topological polar surface area (TPSA) is 133 Å². The van der Waals surface area contributed by atoms with Crippen LogP contribution < -0.4 is 11.1 Å². The number of nitrogens with zero attached hydrogens (tertiary/aromatic N) is 1. The monoisotopic (exact) mass is 273 g/mol. The number of amides is 3. The third-order valence-corrected chi connectivity index (χ3v) is 3.12. The van der Waals surface area contributed by atoms with Gasteiger partial charge in [-0.3, -0.25) is 4.79 Å². The second-order valence-electron chi connectivity index (χ2n) is 4.52. The maximum Gasteiger partial charge on any atom is 0.326 e. The van der Waals surface area contributed by atoms with Gasteiger partial charge in [0.1, 0.15) is 6.04 Å². The molecule has 0 spiro atoms. The maximum absolute atomic E-state index is 11.9. The number of carbonyl (C=O) groups excluding carboxylic acids is 2. The van der Waals surface area contributed by atoms with Crippen LogP contribution in [0.2, 0.25) is 0 Å². The van der Waals surface area contributed by atoms with E-state index in [-0.39, 0.29) is 25.5 Å². The number of carboxylic acid groups (broad SMARTS) is 1. The highest BCUT2D eigenvalue weighted by molar-refractivity contribution is 5.83. The van der Waals surface area contributed by atoms with Crippen molar-refractivity contribution in [2.45, 2.75) is 37.8 Å². The van der Waals surface area contributed by atoms with Gasteiger partial charge in [0.15, 0.2) is 0 Å². The number of carbonyl (C=O) groups is 3. The SMILES string of the molecule is NC(=O)CCC(NC(=O)N1CCCC1CO)C(=O)O. The quantitative estimate of drug-likeness (QED) is 0.486. The Morgan fingerprint density at radius 2 is 2.11 bits per heavy atom. The van der Waals surface area contributed by atoms with Gasteiger partial charge in [0, 0.05) is 13.0 Å². The van der Waals surface area contributed by atoms with Gasteiger partial charge in [-0.1, -0.05) is 0 Å². The second kappa shape index (κ2) is 6.93. The largest absolute Gasteiger partial charge is 0.480 e. The van der Waals surface area contributed by atoms with Gasteiger partial charge in [-0.15, -0.1) is 0 Å². The van der Waals surface area contributed by atoms with E-state index in [4.69, 9.17) is 15.9 Å². The lowest BCUT2D eigenvalue weighted by molar-refractivity contribution is -0.139. The molecule has 1 aliphatic heterocycles. The smallest absolute Gasteiger partial charge is 0.326 e. The van der Waals surface area contributed by atoms with Crippen LogP contribution in [0.15, 0.2) is 0 Å². The molecule has 1 fully saturated rings. The highest BCUT2D eigenvalue weighted by Crippen LogP contribution is 2.16. The predicted molar refractivity (Wildman–Crippen MR) is 65.2 cm³/mol. The zero-order chi connectivity index (χ0) is 14.4. The zero-order valence-electron chi connectivity index (χ0n) is 10.5. The molecular formula is C11H19N3O5. The molecule has 1 saturated heterocycles. The number of aliphatic carboxylic acids is 1. The van der Waals surface area contributed by atoms with E-state index in [0.717, 1.165) is 6.42 Å². The van der Waals surface area contributed by atoms with Crippen LogP contribution in [0.1, 0.15) is 25.7 Å². The lowest BCUT2D eigenvalue weighted by Crippen LogP contribution is -2.50. The molecule has 1 heterocycles. The molecule has 0 bridgehead atoms. The van der Waals surface area contributed by atoms with E-state index in [1.807, 2.05) is 0 Å². The second-order valence-corrected chi connectivity index (χ2v) is 4.52. The minimum atomic E-state index is -1.21. The predicted octanol–water partition coefficient (Wildman–Crippen LogP) is -1.13. The first-order valence-electron chi connectivity index (χ1n) is 6.14. The van der Waals surface area contributed by atoms with E-state index in [1.165, 1.54) is 4.90 Å². The van der Waals surface area contributed by atoms with E-state index in [1.54, 1.807) is 0 Å². The van der Waals surface area contributed by atoms with Crippen molar-refractivity contribution in [3.05, 3.63) is 0 Å². The Labute approximate surface area is 110 Å². The van der Waals surface area contributed by atoms with Crippen LogP contribution in [0.25, 0.3) is 0 Å². The normalized spacial score (nSPS) is 20.1. The van der Waals surface area contributed by atoms with Gasteiger partial charge in [0.05, 0.1) is 12.6 Å². The van der Waals surface area contributed by atoms with Crippen molar-refractivity contribution in [2.24, 2.45) is 5.73 Å². The third-order valence-electron chi connectivity index (χ3n) is 3.12. The fourth-order valence-electron chi connectivity index (χ4n) is 2.07. The van der Waals surface area contributed by atoms with Crippen LogP contribution in [0.5, 0.6) is 0 Å². The number of likely N-dealkylation sites (tertiary alicyclic amines) is 1. The van der Waals surface area contributed by atoms with Gasteiger partial charge in [0.2, 0.25) is 5.91 Å². The molecule has 0 aromatic heterocycles. The number of hydrogen-bond donors (Lipinski definition) is 4. The third kappa shape index (κ3) is 4.40. The zero-order valence-corrected chi connectivity index (χ0v) is 10.5. The molecule has 8 heteroatoms. The van der Waals surface area contributed by atoms with E-state index in [9.17, 15) is 14.4 Å². The summed E-state index contributed by atoms with van der Waals surface area (Å²) in [7, 11) is 0. The molecule has 19 heavy (non-hydrogen) atoms. The first kappa shape index (κ1) is 15.2. The van der Waals surface area contributed by atoms with Gasteiger partial charge >= 0.3 is 12.0 Å². The van der Waals surface area contributed by atoms with Crippen LogP contribution in [-0.4, -0.2) is 58.3 Å². The standard InChI is InChI=1S/C11H19N3O5/c12-9(16)4-3-8(10(17)18)13-11(19)14-5-1-2-7(14)6-15/h7-8,15H,1-6H2,(H2,12,16)(H,13,19)(H,17,18). The number of carboxylic acids is 1. The summed E-state index contributed by atoms with van der Waals surface area (Å²) >= 11 is 0. The van der Waals surface area contributed by atoms with Crippen molar-refractivity contribution in [3.8, 4) is 0 Å². The van der Waals surface area contributed by atoms with Gasteiger partial charge in [-0.25, -0.2) is 9.59 Å². The summed E-state index contributed by atoms with van der Waals surface area (Å²) in [5.74, 6) is -1.83. The molecule has 0 aliphatic carbocycles. The number of primary amides is 1. The number of aliphatic hydroxyl groups excluding tert-OH is 1. The highest BCUT2D eigenvalue weighted by Gasteiger charge is 2.30. The fraction of sp³-hybridized carbons (Fsp3) is 0.727. The van der Waals surface area contributed by atoms with Crippen LogP contribution in [0.4, 0.5) is 4.79 Å². The molecule has 1 rings (SSSR count). The average molecular weight is 273 g/mol. The Kier molecular flexibility index (Phi) is 5.56. The molecule has 0 aromatic rings. The molecule has 0 radical (unpaired) electrons. The Balaban J connectivity index is 2.55. The lowest BCUT2D eigenvalue weighted by atomic mass is 10.1. The Morgan fingerprint density at radius 3 is 2.63 bits per heavy atom. The molecule has 1 aliphatic rings. The summed E-state index contributed by atoms with van der Waals surface area (Å²) in [6.45, 7) is 0.339. The van der Waals surface area contributed by atoms with Crippen molar-refractivity contribution in [1.29, 1.82) is 0 Å². The summed E-state index contributed by atoms with van der Waals surface area (Å²) < 4.78 is 0. The number of nitrogens with one attached hydrogen (secondary N) is 1. The van der Waals surface area contributed by atoms with Crippen LogP contribution in [0, 0.1) is 0 Å². The average Bonchev–Trinajstić information content (AvgIpc) is 2.81. The Morgan fingerprint density at radius 1 is 1.42 bits per heavy atom. The van der Waals surface area contributed by atoms with E-state index in [0.29, 0.717) is 13.0 Å². The molecule has 3 amide bonds. The summed E-state index contributed by atoms with van der Waals surface area (Å²) in [6, 6.07) is -1.96. The lowest BCUT2D eigenvalue weighted by Gasteiger charge is -2.25. The number of urea groups is 1. The highest BCUT2D eigenvalue weighted by atomic mass is 16.4. The van der Waals surface area contributed by atoms with E-state index < -0.39 is 23.9 Å². The van der Waals surface area contributed by atoms with Gasteiger partial charge in [-0.2, -0.15) is 0 Å². The van der Waals surface area contributed by atoms with Crippen LogP contribution in [-0.2, 0) is 9.59 Å². The molecular weight excluding hydrogens is 254 g/mol. The van der Waals surface area contributed by atoms with Crippen LogP contribution >= 0.6 is 0 Å². The van der Waals surface area contributed by atoms with Crippen molar-refractivity contribution < 1.29 is 24.6 Å². The minimum absolute atomic E-state index is 0.0476. The Hall–Kier alpha value is -1.83. The molecule has 8 nitrogen and oxygen atoms in total. The summed E-state index contributed by atoms with van der Waals surface area (Å²) in [6.07, 6.45) is 1.31. The van der Waals surface area contributed by atoms with Crippen LogP contribution in [0.3, 0.4) is 0 Å². The summed E-state index contributed by atoms with van der Waals surface area (Å²) in [5.41, 5.74) is 4.95. The van der Waals surface area contributed by atoms with Crippen molar-refractivity contribution in [1.82, 2.24) is 10.2 Å². The molecule has 2 unspecified atom stereocenters.